The third-order valence-corrected chi connectivity index (χ3v) is 3.54. The molecule has 0 radical (unpaired) electrons. The van der Waals surface area contributed by atoms with Gasteiger partial charge < -0.3 is 0 Å². The van der Waals surface area contributed by atoms with Crippen LogP contribution in [-0.4, -0.2) is 5.71 Å². The molecule has 0 unspecified atom stereocenters. The first kappa shape index (κ1) is 15.5. The van der Waals surface area contributed by atoms with Gasteiger partial charge in [-0.15, -0.1) is 0 Å². The van der Waals surface area contributed by atoms with Gasteiger partial charge in [-0.3, -0.25) is 0 Å². The summed E-state index contributed by atoms with van der Waals surface area (Å²) in [6.45, 7) is 0. The van der Waals surface area contributed by atoms with E-state index >= 15 is 0 Å². The van der Waals surface area contributed by atoms with Crippen molar-refractivity contribution in [2.75, 3.05) is 0 Å². The van der Waals surface area contributed by atoms with E-state index in [9.17, 15) is 5.26 Å². The van der Waals surface area contributed by atoms with Crippen LogP contribution in [0.3, 0.4) is 0 Å². The Labute approximate surface area is 142 Å². The number of rotatable bonds is 4. The van der Waals surface area contributed by atoms with Gasteiger partial charge in [0.2, 0.25) is 0 Å². The van der Waals surface area contributed by atoms with Gasteiger partial charge >= 0.3 is 0 Å². The van der Waals surface area contributed by atoms with Crippen molar-refractivity contribution in [3.05, 3.63) is 113 Å². The van der Waals surface area contributed by atoms with Crippen molar-refractivity contribution in [3.8, 4) is 6.07 Å². The predicted octanol–water partition coefficient (Wildman–Crippen LogP) is 5.09. The number of allylic oxidation sites excluding steroid dienone is 1. The van der Waals surface area contributed by atoms with Crippen molar-refractivity contribution in [2.45, 2.75) is 0 Å². The smallest absolute Gasteiger partial charge is 0.141 e. The Morgan fingerprint density at radius 2 is 1.17 bits per heavy atom. The lowest BCUT2D eigenvalue weighted by Gasteiger charge is -2.07. The molecule has 0 aliphatic rings. The summed E-state index contributed by atoms with van der Waals surface area (Å²) in [7, 11) is 0. The molecule has 3 aromatic rings. The topological polar surface area (TPSA) is 36.1 Å². The van der Waals surface area contributed by atoms with Crippen LogP contribution in [0, 0.1) is 11.3 Å². The minimum atomic E-state index is 0.379. The Morgan fingerprint density at radius 3 is 1.62 bits per heavy atom. The molecule has 0 N–H and O–H groups in total. The van der Waals surface area contributed by atoms with Crippen molar-refractivity contribution in [2.24, 2.45) is 4.99 Å². The monoisotopic (exact) mass is 308 g/mol. The third-order valence-electron chi connectivity index (χ3n) is 3.54. The van der Waals surface area contributed by atoms with Crippen LogP contribution in [-0.2, 0) is 0 Å². The van der Waals surface area contributed by atoms with E-state index in [2.05, 4.69) is 11.1 Å². The maximum absolute atomic E-state index is 9.50. The second-order valence-corrected chi connectivity index (χ2v) is 5.24. The minimum Gasteiger partial charge on any atom is -0.236 e. The van der Waals surface area contributed by atoms with Crippen LogP contribution in [0.15, 0.2) is 102 Å². The van der Waals surface area contributed by atoms with E-state index in [1.165, 1.54) is 0 Å². The highest BCUT2D eigenvalue weighted by Crippen LogP contribution is 2.15. The molecule has 0 atom stereocenters. The van der Waals surface area contributed by atoms with Crippen LogP contribution < -0.4 is 0 Å². The van der Waals surface area contributed by atoms with Crippen LogP contribution in [0.5, 0.6) is 0 Å². The van der Waals surface area contributed by atoms with Gasteiger partial charge in [-0.25, -0.2) is 4.99 Å². The van der Waals surface area contributed by atoms with Crippen LogP contribution in [0.2, 0.25) is 0 Å². The summed E-state index contributed by atoms with van der Waals surface area (Å²) in [5.41, 5.74) is 4.10. The van der Waals surface area contributed by atoms with Crippen molar-refractivity contribution < 1.29 is 0 Å². The van der Waals surface area contributed by atoms with Gasteiger partial charge in [-0.1, -0.05) is 91.0 Å². The molecule has 0 fully saturated rings. The van der Waals surface area contributed by atoms with Gasteiger partial charge in [0.15, 0.2) is 0 Å². The lowest BCUT2D eigenvalue weighted by atomic mass is 10.0. The zero-order valence-electron chi connectivity index (χ0n) is 13.1. The first-order valence-electron chi connectivity index (χ1n) is 7.73. The van der Waals surface area contributed by atoms with E-state index in [1.54, 1.807) is 6.08 Å². The largest absolute Gasteiger partial charge is 0.236 e. The minimum absolute atomic E-state index is 0.379. The van der Waals surface area contributed by atoms with Gasteiger partial charge in [-0.2, -0.15) is 5.26 Å². The summed E-state index contributed by atoms with van der Waals surface area (Å²) in [4.78, 5) is 4.65. The molecular weight excluding hydrogens is 292 g/mol. The Bertz CT molecular complexity index is 845. The van der Waals surface area contributed by atoms with Crippen LogP contribution in [0.1, 0.15) is 16.7 Å². The maximum Gasteiger partial charge on any atom is 0.141 e. The Morgan fingerprint density at radius 1 is 0.708 bits per heavy atom. The highest BCUT2D eigenvalue weighted by Gasteiger charge is 2.07. The molecule has 0 saturated carbocycles. The second kappa shape index (κ2) is 7.71. The highest BCUT2D eigenvalue weighted by atomic mass is 14.8. The first-order chi connectivity index (χ1) is 11.9. The molecule has 0 bridgehead atoms. The molecule has 0 saturated heterocycles. The Balaban J connectivity index is 2.09. The molecule has 2 nitrogen and oxygen atoms in total. The molecule has 0 heterocycles. The van der Waals surface area contributed by atoms with E-state index < -0.39 is 0 Å². The van der Waals surface area contributed by atoms with Gasteiger partial charge in [0.25, 0.3) is 0 Å². The van der Waals surface area contributed by atoms with Crippen molar-refractivity contribution in [1.82, 2.24) is 0 Å². The van der Waals surface area contributed by atoms with Gasteiger partial charge in [-0.05, 0) is 11.6 Å². The van der Waals surface area contributed by atoms with E-state index in [1.807, 2.05) is 91.0 Å². The molecule has 0 aliphatic carbocycles. The zero-order valence-corrected chi connectivity index (χ0v) is 13.1. The quantitative estimate of drug-likeness (QED) is 0.488. The average Bonchev–Trinajstić information content (AvgIpc) is 2.67. The zero-order chi connectivity index (χ0) is 16.6. The first-order valence-corrected chi connectivity index (χ1v) is 7.73. The molecule has 24 heavy (non-hydrogen) atoms. The predicted molar refractivity (Wildman–Crippen MR) is 98.6 cm³/mol. The maximum atomic E-state index is 9.50. The van der Waals surface area contributed by atoms with Crippen molar-refractivity contribution >= 4 is 11.8 Å². The van der Waals surface area contributed by atoms with E-state index in [-0.39, 0.29) is 0 Å². The molecule has 3 rings (SSSR count). The van der Waals surface area contributed by atoms with E-state index in [0.717, 1.165) is 22.4 Å². The summed E-state index contributed by atoms with van der Waals surface area (Å²) in [5, 5.41) is 9.50. The lowest BCUT2D eigenvalue weighted by molar-refractivity contribution is 1.38. The normalized spacial score (nSPS) is 10.7. The summed E-state index contributed by atoms with van der Waals surface area (Å²) in [6, 6.07) is 31.8. The molecule has 0 aromatic heterocycles. The standard InChI is InChI=1S/C22H16N2/c23-17-21(16-18-10-4-1-5-11-18)24-22(19-12-6-2-7-13-19)20-14-8-3-9-15-20/h1-16H. The molecule has 114 valence electrons. The van der Waals surface area contributed by atoms with Crippen molar-refractivity contribution in [3.63, 3.8) is 0 Å². The molecule has 0 aliphatic heterocycles. The number of hydrogen-bond donors (Lipinski definition) is 0. The fourth-order valence-electron chi connectivity index (χ4n) is 2.40. The fourth-order valence-corrected chi connectivity index (χ4v) is 2.40. The molecule has 2 heteroatoms. The highest BCUT2D eigenvalue weighted by molar-refractivity contribution is 6.13. The van der Waals surface area contributed by atoms with Crippen LogP contribution in [0.4, 0.5) is 0 Å². The van der Waals surface area contributed by atoms with Gasteiger partial charge in [0, 0.05) is 11.1 Å². The Kier molecular flexibility index (Phi) is 4.97. The lowest BCUT2D eigenvalue weighted by Crippen LogP contribution is -2.03. The number of benzene rings is 3. The summed E-state index contributed by atoms with van der Waals surface area (Å²) < 4.78 is 0. The van der Waals surface area contributed by atoms with Crippen LogP contribution in [0.25, 0.3) is 6.08 Å². The summed E-state index contributed by atoms with van der Waals surface area (Å²) in [5.74, 6) is 0. The summed E-state index contributed by atoms with van der Waals surface area (Å²) >= 11 is 0. The molecule has 0 amide bonds. The third kappa shape index (κ3) is 3.85. The van der Waals surface area contributed by atoms with Crippen LogP contribution >= 0.6 is 0 Å². The summed E-state index contributed by atoms with van der Waals surface area (Å²) in [6.07, 6.45) is 1.80. The SMILES string of the molecule is N#CC(=Cc1ccccc1)N=C(c1ccccc1)c1ccccc1. The van der Waals surface area contributed by atoms with E-state index in [0.29, 0.717) is 5.70 Å². The molecule has 3 aromatic carbocycles. The van der Waals surface area contributed by atoms with Gasteiger partial charge in [0.05, 0.1) is 5.71 Å². The number of nitriles is 1. The van der Waals surface area contributed by atoms with Gasteiger partial charge in [0.1, 0.15) is 11.8 Å². The van der Waals surface area contributed by atoms with E-state index in [4.69, 9.17) is 0 Å². The Hall–Kier alpha value is -3.44. The van der Waals surface area contributed by atoms with Crippen molar-refractivity contribution in [1.29, 1.82) is 5.26 Å². The average molecular weight is 308 g/mol. The number of hydrogen-bond acceptors (Lipinski definition) is 2. The number of nitrogens with zero attached hydrogens (tertiary/aromatic N) is 2. The number of aliphatic imine (C=N–C) groups is 1. The second-order valence-electron chi connectivity index (χ2n) is 5.24. The molecule has 0 spiro atoms. The fraction of sp³-hybridized carbons (Fsp3) is 0. The molecular formula is C22H16N2.